The molecule has 0 unspecified atom stereocenters. The van der Waals surface area contributed by atoms with Gasteiger partial charge in [0.1, 0.15) is 18.0 Å². The van der Waals surface area contributed by atoms with Gasteiger partial charge in [-0.1, -0.05) is 13.3 Å². The van der Waals surface area contributed by atoms with E-state index in [9.17, 15) is 0 Å². The SMILES string of the molecule is CCCc1c(NC)ncnc1N(CCOC)CCOC. The van der Waals surface area contributed by atoms with Crippen LogP contribution in [0.5, 0.6) is 0 Å². The minimum atomic E-state index is 0.661. The van der Waals surface area contributed by atoms with Crippen LogP contribution in [0, 0.1) is 0 Å². The maximum Gasteiger partial charge on any atom is 0.137 e. The standard InChI is InChI=1S/C14H26N4O2/c1-5-6-12-13(15-2)16-11-17-14(12)18(7-9-19-3)8-10-20-4/h11H,5-10H2,1-4H3,(H,15,16,17). The van der Waals surface area contributed by atoms with Crippen molar-refractivity contribution in [2.24, 2.45) is 0 Å². The molecule has 0 saturated carbocycles. The number of rotatable bonds is 10. The first kappa shape index (κ1) is 16.7. The van der Waals surface area contributed by atoms with Crippen LogP contribution >= 0.6 is 0 Å². The Kier molecular flexibility index (Phi) is 7.91. The van der Waals surface area contributed by atoms with Gasteiger partial charge in [-0.15, -0.1) is 0 Å². The Morgan fingerprint density at radius 1 is 1.15 bits per heavy atom. The van der Waals surface area contributed by atoms with Crippen molar-refractivity contribution in [3.8, 4) is 0 Å². The Morgan fingerprint density at radius 2 is 1.80 bits per heavy atom. The van der Waals surface area contributed by atoms with Crippen molar-refractivity contribution < 1.29 is 9.47 Å². The molecule has 1 N–H and O–H groups in total. The molecule has 6 nitrogen and oxygen atoms in total. The van der Waals surface area contributed by atoms with E-state index < -0.39 is 0 Å². The highest BCUT2D eigenvalue weighted by Crippen LogP contribution is 2.24. The molecule has 1 heterocycles. The number of nitrogens with one attached hydrogen (secondary N) is 1. The number of hydrogen-bond acceptors (Lipinski definition) is 6. The molecule has 0 saturated heterocycles. The molecule has 114 valence electrons. The third-order valence-electron chi connectivity index (χ3n) is 3.09. The van der Waals surface area contributed by atoms with Gasteiger partial charge in [-0.3, -0.25) is 0 Å². The Hall–Kier alpha value is -1.40. The van der Waals surface area contributed by atoms with Crippen molar-refractivity contribution >= 4 is 11.6 Å². The largest absolute Gasteiger partial charge is 0.383 e. The normalized spacial score (nSPS) is 10.6. The van der Waals surface area contributed by atoms with Crippen molar-refractivity contribution in [3.63, 3.8) is 0 Å². The van der Waals surface area contributed by atoms with Crippen LogP contribution in [0.25, 0.3) is 0 Å². The van der Waals surface area contributed by atoms with E-state index in [4.69, 9.17) is 9.47 Å². The van der Waals surface area contributed by atoms with Crippen LogP contribution < -0.4 is 10.2 Å². The molecular weight excluding hydrogens is 256 g/mol. The summed E-state index contributed by atoms with van der Waals surface area (Å²) in [6.45, 7) is 5.06. The molecule has 0 aliphatic carbocycles. The fraction of sp³-hybridized carbons (Fsp3) is 0.714. The first-order valence-electron chi connectivity index (χ1n) is 7.02. The quantitative estimate of drug-likeness (QED) is 0.703. The van der Waals surface area contributed by atoms with E-state index in [0.717, 1.165) is 43.1 Å². The minimum absolute atomic E-state index is 0.661. The van der Waals surface area contributed by atoms with Crippen LogP contribution in [0.4, 0.5) is 11.6 Å². The Balaban J connectivity index is 3.02. The molecule has 1 aromatic rings. The van der Waals surface area contributed by atoms with Crippen molar-refractivity contribution in [1.82, 2.24) is 9.97 Å². The van der Waals surface area contributed by atoms with E-state index in [-0.39, 0.29) is 0 Å². The molecule has 0 bridgehead atoms. The number of ether oxygens (including phenoxy) is 2. The Bertz CT molecular complexity index is 379. The van der Waals surface area contributed by atoms with Crippen molar-refractivity contribution in [1.29, 1.82) is 0 Å². The van der Waals surface area contributed by atoms with Gasteiger partial charge in [0.2, 0.25) is 0 Å². The first-order valence-corrected chi connectivity index (χ1v) is 7.02. The minimum Gasteiger partial charge on any atom is -0.383 e. The number of aromatic nitrogens is 2. The van der Waals surface area contributed by atoms with E-state index in [1.54, 1.807) is 20.5 Å². The maximum absolute atomic E-state index is 5.19. The van der Waals surface area contributed by atoms with E-state index in [2.05, 4.69) is 27.1 Å². The Labute approximate surface area is 121 Å². The monoisotopic (exact) mass is 282 g/mol. The van der Waals surface area contributed by atoms with Gasteiger partial charge in [0.25, 0.3) is 0 Å². The molecule has 0 atom stereocenters. The molecule has 0 spiro atoms. The van der Waals surface area contributed by atoms with Crippen LogP contribution in [0.3, 0.4) is 0 Å². The molecule has 20 heavy (non-hydrogen) atoms. The third kappa shape index (κ3) is 4.61. The zero-order valence-corrected chi connectivity index (χ0v) is 13.0. The second-order valence-corrected chi connectivity index (χ2v) is 4.50. The van der Waals surface area contributed by atoms with E-state index >= 15 is 0 Å². The highest BCUT2D eigenvalue weighted by atomic mass is 16.5. The fourth-order valence-corrected chi connectivity index (χ4v) is 2.10. The van der Waals surface area contributed by atoms with Gasteiger partial charge in [-0.05, 0) is 6.42 Å². The average molecular weight is 282 g/mol. The van der Waals surface area contributed by atoms with Gasteiger partial charge in [0.15, 0.2) is 0 Å². The lowest BCUT2D eigenvalue weighted by molar-refractivity contribution is 0.190. The van der Waals surface area contributed by atoms with Crippen molar-refractivity contribution in [2.45, 2.75) is 19.8 Å². The molecule has 0 fully saturated rings. The molecule has 0 amide bonds. The molecule has 6 heteroatoms. The lowest BCUT2D eigenvalue weighted by Gasteiger charge is -2.26. The van der Waals surface area contributed by atoms with Gasteiger partial charge in [-0.25, -0.2) is 9.97 Å². The van der Waals surface area contributed by atoms with Gasteiger partial charge in [-0.2, -0.15) is 0 Å². The van der Waals surface area contributed by atoms with Crippen LogP contribution in [-0.4, -0.2) is 57.5 Å². The molecular formula is C14H26N4O2. The zero-order chi connectivity index (χ0) is 14.8. The van der Waals surface area contributed by atoms with Crippen molar-refractivity contribution in [2.75, 3.05) is 57.8 Å². The van der Waals surface area contributed by atoms with Crippen LogP contribution in [0.15, 0.2) is 6.33 Å². The highest BCUT2D eigenvalue weighted by Gasteiger charge is 2.16. The van der Waals surface area contributed by atoms with E-state index in [1.165, 1.54) is 0 Å². The second kappa shape index (κ2) is 9.50. The lowest BCUT2D eigenvalue weighted by Crippen LogP contribution is -2.32. The number of nitrogens with zero attached hydrogens (tertiary/aromatic N) is 3. The second-order valence-electron chi connectivity index (χ2n) is 4.50. The van der Waals surface area contributed by atoms with E-state index in [1.807, 2.05) is 7.05 Å². The third-order valence-corrected chi connectivity index (χ3v) is 3.09. The average Bonchev–Trinajstić information content (AvgIpc) is 2.48. The predicted molar refractivity (Wildman–Crippen MR) is 81.5 cm³/mol. The summed E-state index contributed by atoms with van der Waals surface area (Å²) in [5.41, 5.74) is 1.16. The molecule has 0 radical (unpaired) electrons. The van der Waals surface area contributed by atoms with Gasteiger partial charge < -0.3 is 19.7 Å². The summed E-state index contributed by atoms with van der Waals surface area (Å²) >= 11 is 0. The highest BCUT2D eigenvalue weighted by molar-refractivity contribution is 5.58. The summed E-state index contributed by atoms with van der Waals surface area (Å²) in [5.74, 6) is 1.87. The molecule has 1 aromatic heterocycles. The Morgan fingerprint density at radius 3 is 2.30 bits per heavy atom. The van der Waals surface area contributed by atoms with Gasteiger partial charge in [0.05, 0.1) is 13.2 Å². The van der Waals surface area contributed by atoms with E-state index in [0.29, 0.717) is 13.2 Å². The predicted octanol–water partition coefficient (Wildman–Crippen LogP) is 1.57. The summed E-state index contributed by atoms with van der Waals surface area (Å²) in [5, 5.41) is 3.15. The van der Waals surface area contributed by atoms with Gasteiger partial charge >= 0.3 is 0 Å². The van der Waals surface area contributed by atoms with Gasteiger partial charge in [0, 0.05) is 39.9 Å². The topological polar surface area (TPSA) is 59.5 Å². The summed E-state index contributed by atoms with van der Waals surface area (Å²) in [6, 6.07) is 0. The first-order chi connectivity index (χ1) is 9.78. The number of hydrogen-bond donors (Lipinski definition) is 1. The van der Waals surface area contributed by atoms with Crippen LogP contribution in [0.1, 0.15) is 18.9 Å². The maximum atomic E-state index is 5.19. The van der Waals surface area contributed by atoms with Crippen LogP contribution in [0.2, 0.25) is 0 Å². The molecule has 1 rings (SSSR count). The van der Waals surface area contributed by atoms with Crippen molar-refractivity contribution in [3.05, 3.63) is 11.9 Å². The number of methoxy groups -OCH3 is 2. The number of anilines is 2. The molecule has 0 aliphatic heterocycles. The lowest BCUT2D eigenvalue weighted by atomic mass is 10.1. The summed E-state index contributed by atoms with van der Waals surface area (Å²) in [7, 11) is 5.31. The molecule has 0 aliphatic rings. The van der Waals surface area contributed by atoms with Crippen LogP contribution in [-0.2, 0) is 15.9 Å². The summed E-state index contributed by atoms with van der Waals surface area (Å²) in [4.78, 5) is 11.0. The summed E-state index contributed by atoms with van der Waals surface area (Å²) < 4.78 is 10.4. The fourth-order valence-electron chi connectivity index (χ4n) is 2.10. The zero-order valence-electron chi connectivity index (χ0n) is 13.0. The summed E-state index contributed by atoms with van der Waals surface area (Å²) in [6.07, 6.45) is 3.60. The smallest absolute Gasteiger partial charge is 0.137 e. The molecule has 0 aromatic carbocycles.